The third-order valence-corrected chi connectivity index (χ3v) is 3.33. The minimum Gasteiger partial charge on any atom is -0.385 e. The van der Waals surface area contributed by atoms with E-state index in [0.717, 1.165) is 37.8 Å². The van der Waals surface area contributed by atoms with Gasteiger partial charge in [0.25, 0.3) is 0 Å². The van der Waals surface area contributed by atoms with Crippen molar-refractivity contribution in [1.29, 1.82) is 0 Å². The number of rotatable bonds is 4. The van der Waals surface area contributed by atoms with Crippen LogP contribution in [0.1, 0.15) is 17.5 Å². The lowest BCUT2D eigenvalue weighted by Crippen LogP contribution is -2.36. The Bertz CT molecular complexity index is 370. The lowest BCUT2D eigenvalue weighted by atomic mass is 10.1. The van der Waals surface area contributed by atoms with Crippen molar-refractivity contribution in [3.05, 3.63) is 35.4 Å². The monoisotopic (exact) mass is 250 g/mol. The quantitative estimate of drug-likeness (QED) is 0.652. The van der Waals surface area contributed by atoms with Crippen LogP contribution < -0.4 is 5.32 Å². The van der Waals surface area contributed by atoms with Crippen LogP contribution in [0.2, 0.25) is 0 Å². The lowest BCUT2D eigenvalue weighted by Gasteiger charge is -2.19. The lowest BCUT2D eigenvalue weighted by molar-refractivity contribution is 0.195. The molecule has 1 heterocycles. The molecule has 17 heavy (non-hydrogen) atoms. The first kappa shape index (κ1) is 12.3. The Morgan fingerprint density at radius 1 is 1.35 bits per heavy atom. The second kappa shape index (κ2) is 5.98. The van der Waals surface area contributed by atoms with Crippen LogP contribution in [0.5, 0.6) is 0 Å². The van der Waals surface area contributed by atoms with E-state index >= 15 is 0 Å². The largest absolute Gasteiger partial charge is 0.385 e. The van der Waals surface area contributed by atoms with Gasteiger partial charge in [-0.05, 0) is 29.8 Å². The number of nitrogens with zero attached hydrogens (tertiary/aromatic N) is 1. The van der Waals surface area contributed by atoms with Crippen LogP contribution in [0, 0.1) is 0 Å². The van der Waals surface area contributed by atoms with E-state index in [1.807, 2.05) is 0 Å². The molecule has 0 bridgehead atoms. The van der Waals surface area contributed by atoms with Crippen LogP contribution in [0.3, 0.4) is 0 Å². The Kier molecular flexibility index (Phi) is 4.34. The molecular weight excluding hydrogens is 232 g/mol. The van der Waals surface area contributed by atoms with E-state index in [2.05, 4.69) is 34.5 Å². The topological polar surface area (TPSA) is 24.5 Å². The third kappa shape index (κ3) is 3.17. The van der Waals surface area contributed by atoms with Crippen molar-refractivity contribution in [3.8, 4) is 0 Å². The standard InChI is InChI=1S/C13H18N2OS/c1-16-8-4-7-14-13(17)15-9-11-5-2-3-6-12(11)10-15/h2-3,5-6H,4,7-10H2,1H3,(H,14,17). The number of nitrogens with one attached hydrogen (secondary N) is 1. The van der Waals surface area contributed by atoms with Crippen LogP contribution in [-0.2, 0) is 17.8 Å². The Hall–Kier alpha value is -1.13. The zero-order valence-electron chi connectivity index (χ0n) is 10.1. The van der Waals surface area contributed by atoms with Crippen molar-refractivity contribution in [2.75, 3.05) is 20.3 Å². The minimum absolute atomic E-state index is 0.774. The van der Waals surface area contributed by atoms with E-state index in [1.165, 1.54) is 11.1 Å². The highest BCUT2D eigenvalue weighted by Gasteiger charge is 2.19. The fourth-order valence-electron chi connectivity index (χ4n) is 2.00. The molecule has 0 saturated carbocycles. The molecule has 0 aromatic heterocycles. The van der Waals surface area contributed by atoms with Gasteiger partial charge in [0.2, 0.25) is 0 Å². The molecule has 1 aromatic carbocycles. The second-order valence-electron chi connectivity index (χ2n) is 4.20. The first-order valence-electron chi connectivity index (χ1n) is 5.90. The Labute approximate surface area is 108 Å². The van der Waals surface area contributed by atoms with E-state index in [1.54, 1.807) is 7.11 Å². The number of benzene rings is 1. The van der Waals surface area contributed by atoms with Gasteiger partial charge in [0.15, 0.2) is 5.11 Å². The number of thiocarbonyl (C=S) groups is 1. The van der Waals surface area contributed by atoms with Gasteiger partial charge in [0.1, 0.15) is 0 Å². The molecule has 0 spiro atoms. The zero-order chi connectivity index (χ0) is 12.1. The maximum atomic E-state index is 5.38. The summed E-state index contributed by atoms with van der Waals surface area (Å²) >= 11 is 5.38. The summed E-state index contributed by atoms with van der Waals surface area (Å²) < 4.78 is 5.00. The molecule has 1 aliphatic rings. The van der Waals surface area contributed by atoms with Crippen LogP contribution in [0.15, 0.2) is 24.3 Å². The fraction of sp³-hybridized carbons (Fsp3) is 0.462. The van der Waals surface area contributed by atoms with Crippen LogP contribution in [0.4, 0.5) is 0 Å². The molecule has 0 amide bonds. The van der Waals surface area contributed by atoms with Gasteiger partial charge in [0, 0.05) is 33.4 Å². The molecule has 2 rings (SSSR count). The Morgan fingerprint density at radius 3 is 2.59 bits per heavy atom. The normalized spacial score (nSPS) is 13.6. The molecule has 92 valence electrons. The molecule has 1 aliphatic heterocycles. The number of hydrogen-bond acceptors (Lipinski definition) is 2. The van der Waals surface area contributed by atoms with Crippen LogP contribution >= 0.6 is 12.2 Å². The summed E-state index contributed by atoms with van der Waals surface area (Å²) in [6.45, 7) is 3.49. The average Bonchev–Trinajstić information content (AvgIpc) is 2.78. The van der Waals surface area contributed by atoms with Gasteiger partial charge in [-0.2, -0.15) is 0 Å². The van der Waals surface area contributed by atoms with E-state index in [4.69, 9.17) is 17.0 Å². The number of ether oxygens (including phenoxy) is 1. The predicted molar refractivity (Wildman–Crippen MR) is 72.8 cm³/mol. The third-order valence-electron chi connectivity index (χ3n) is 2.93. The first-order valence-corrected chi connectivity index (χ1v) is 6.30. The average molecular weight is 250 g/mol. The molecule has 0 unspecified atom stereocenters. The highest BCUT2D eigenvalue weighted by molar-refractivity contribution is 7.80. The Balaban J connectivity index is 1.80. The van der Waals surface area contributed by atoms with Gasteiger partial charge in [-0.1, -0.05) is 24.3 Å². The second-order valence-corrected chi connectivity index (χ2v) is 4.59. The summed E-state index contributed by atoms with van der Waals surface area (Å²) in [7, 11) is 1.72. The van der Waals surface area contributed by atoms with Crippen LogP contribution in [-0.4, -0.2) is 30.3 Å². The van der Waals surface area contributed by atoms with Crippen molar-refractivity contribution < 1.29 is 4.74 Å². The highest BCUT2D eigenvalue weighted by atomic mass is 32.1. The van der Waals surface area contributed by atoms with Gasteiger partial charge in [-0.15, -0.1) is 0 Å². The molecule has 1 aromatic rings. The summed E-state index contributed by atoms with van der Waals surface area (Å²) in [6, 6.07) is 8.50. The smallest absolute Gasteiger partial charge is 0.169 e. The molecule has 4 heteroatoms. The van der Waals surface area contributed by atoms with Gasteiger partial charge >= 0.3 is 0 Å². The van der Waals surface area contributed by atoms with Crippen molar-refractivity contribution in [3.63, 3.8) is 0 Å². The number of hydrogen-bond donors (Lipinski definition) is 1. The minimum atomic E-state index is 0.774. The van der Waals surface area contributed by atoms with Gasteiger partial charge < -0.3 is 15.0 Å². The molecule has 0 radical (unpaired) electrons. The summed E-state index contributed by atoms with van der Waals surface area (Å²) in [6.07, 6.45) is 0.984. The molecule has 0 saturated heterocycles. The van der Waals surface area contributed by atoms with Crippen molar-refractivity contribution in [1.82, 2.24) is 10.2 Å². The van der Waals surface area contributed by atoms with E-state index < -0.39 is 0 Å². The predicted octanol–water partition coefficient (Wildman–Crippen LogP) is 1.91. The maximum Gasteiger partial charge on any atom is 0.169 e. The Morgan fingerprint density at radius 2 is 2.00 bits per heavy atom. The molecule has 3 nitrogen and oxygen atoms in total. The first-order chi connectivity index (χ1) is 8.31. The molecule has 0 aliphatic carbocycles. The summed E-state index contributed by atoms with van der Waals surface area (Å²) in [5.74, 6) is 0. The van der Waals surface area contributed by atoms with E-state index in [9.17, 15) is 0 Å². The summed E-state index contributed by atoms with van der Waals surface area (Å²) in [5, 5.41) is 4.12. The highest BCUT2D eigenvalue weighted by Crippen LogP contribution is 2.21. The molecule has 1 N–H and O–H groups in total. The van der Waals surface area contributed by atoms with Gasteiger partial charge in [0.05, 0.1) is 0 Å². The summed E-state index contributed by atoms with van der Waals surface area (Å²) in [4.78, 5) is 2.20. The van der Waals surface area contributed by atoms with E-state index in [-0.39, 0.29) is 0 Å². The summed E-state index contributed by atoms with van der Waals surface area (Å²) in [5.41, 5.74) is 2.77. The maximum absolute atomic E-state index is 5.38. The zero-order valence-corrected chi connectivity index (χ0v) is 10.9. The van der Waals surface area contributed by atoms with E-state index in [0.29, 0.717) is 0 Å². The van der Waals surface area contributed by atoms with Gasteiger partial charge in [-0.25, -0.2) is 0 Å². The molecular formula is C13H18N2OS. The van der Waals surface area contributed by atoms with Crippen molar-refractivity contribution >= 4 is 17.3 Å². The van der Waals surface area contributed by atoms with Crippen molar-refractivity contribution in [2.45, 2.75) is 19.5 Å². The number of methoxy groups -OCH3 is 1. The number of fused-ring (bicyclic) bond motifs is 1. The SMILES string of the molecule is COCCCNC(=S)N1Cc2ccccc2C1. The van der Waals surface area contributed by atoms with Crippen molar-refractivity contribution in [2.24, 2.45) is 0 Å². The molecule has 0 fully saturated rings. The molecule has 0 atom stereocenters. The van der Waals surface area contributed by atoms with Crippen LogP contribution in [0.25, 0.3) is 0 Å². The van der Waals surface area contributed by atoms with Gasteiger partial charge in [-0.3, -0.25) is 0 Å². The fourth-order valence-corrected chi connectivity index (χ4v) is 2.23.